The van der Waals surface area contributed by atoms with Crippen molar-refractivity contribution in [2.75, 3.05) is 18.5 Å². The molecule has 1 atom stereocenters. The van der Waals surface area contributed by atoms with E-state index >= 15 is 0 Å². The van der Waals surface area contributed by atoms with Crippen LogP contribution in [0.2, 0.25) is 0 Å². The molecule has 2 N–H and O–H groups in total. The fraction of sp³-hybridized carbons (Fsp3) is 0.500. The van der Waals surface area contributed by atoms with Crippen molar-refractivity contribution < 1.29 is 5.11 Å². The Morgan fingerprint density at radius 1 is 1.45 bits per heavy atom. The molecule has 1 aliphatic heterocycles. The van der Waals surface area contributed by atoms with Crippen LogP contribution in [0.3, 0.4) is 0 Å². The van der Waals surface area contributed by atoms with Gasteiger partial charge < -0.3 is 10.4 Å². The molecule has 0 spiro atoms. The first-order valence-electron chi connectivity index (χ1n) is 7.06. The summed E-state index contributed by atoms with van der Waals surface area (Å²) >= 11 is 0. The minimum atomic E-state index is 0.181. The molecule has 0 saturated heterocycles. The van der Waals surface area contributed by atoms with Crippen LogP contribution in [-0.2, 0) is 6.42 Å². The van der Waals surface area contributed by atoms with Crippen LogP contribution < -0.4 is 5.32 Å². The second-order valence-electron chi connectivity index (χ2n) is 5.01. The molecule has 3 rings (SSSR count). The summed E-state index contributed by atoms with van der Waals surface area (Å²) in [6.45, 7) is 3.20. The van der Waals surface area contributed by atoms with Gasteiger partial charge in [-0.1, -0.05) is 6.92 Å². The molecule has 0 aliphatic carbocycles. The summed E-state index contributed by atoms with van der Waals surface area (Å²) in [5, 5.41) is 16.8. The normalized spacial score (nSPS) is 14.9. The van der Waals surface area contributed by atoms with Crippen LogP contribution in [0.25, 0.3) is 11.3 Å². The summed E-state index contributed by atoms with van der Waals surface area (Å²) in [6.07, 6.45) is 8.08. The molecule has 0 radical (unpaired) electrons. The molecule has 0 saturated carbocycles. The number of hydrogen-bond donors (Lipinski definition) is 2. The van der Waals surface area contributed by atoms with E-state index in [0.29, 0.717) is 0 Å². The molecule has 6 nitrogen and oxygen atoms in total. The number of nitrogens with zero attached hydrogens (tertiary/aromatic N) is 4. The Morgan fingerprint density at radius 2 is 2.35 bits per heavy atom. The third-order valence-electron chi connectivity index (χ3n) is 3.80. The van der Waals surface area contributed by atoms with Gasteiger partial charge in [-0.15, -0.1) is 0 Å². The van der Waals surface area contributed by atoms with Crippen molar-refractivity contribution in [2.45, 2.75) is 32.2 Å². The fourth-order valence-corrected chi connectivity index (χ4v) is 2.69. The molecular formula is C14H19N5O. The number of aliphatic hydroxyl groups excluding tert-OH is 1. The van der Waals surface area contributed by atoms with E-state index in [2.05, 4.69) is 27.3 Å². The van der Waals surface area contributed by atoms with Gasteiger partial charge in [0.1, 0.15) is 12.1 Å². The van der Waals surface area contributed by atoms with Crippen LogP contribution >= 0.6 is 0 Å². The minimum absolute atomic E-state index is 0.181. The van der Waals surface area contributed by atoms with Crippen molar-refractivity contribution in [1.82, 2.24) is 19.7 Å². The lowest BCUT2D eigenvalue weighted by molar-refractivity contribution is 0.248. The molecule has 0 amide bonds. The zero-order valence-electron chi connectivity index (χ0n) is 11.6. The highest BCUT2D eigenvalue weighted by molar-refractivity contribution is 5.68. The molecular weight excluding hydrogens is 254 g/mol. The van der Waals surface area contributed by atoms with E-state index in [4.69, 9.17) is 5.11 Å². The lowest BCUT2D eigenvalue weighted by Gasteiger charge is -2.13. The van der Waals surface area contributed by atoms with Crippen molar-refractivity contribution in [2.24, 2.45) is 0 Å². The number of aliphatic hydroxyl groups is 1. The number of nitrogens with one attached hydrogen (secondary N) is 1. The van der Waals surface area contributed by atoms with Crippen LogP contribution in [0.4, 0.5) is 5.82 Å². The van der Waals surface area contributed by atoms with Crippen molar-refractivity contribution in [3.63, 3.8) is 0 Å². The van der Waals surface area contributed by atoms with Crippen LogP contribution in [0.1, 0.15) is 31.4 Å². The lowest BCUT2D eigenvalue weighted by atomic mass is 10.1. The Hall–Kier alpha value is -1.95. The molecule has 106 valence electrons. The third kappa shape index (κ3) is 2.27. The number of fused-ring (bicyclic) bond motifs is 1. The summed E-state index contributed by atoms with van der Waals surface area (Å²) in [6, 6.07) is 0.238. The summed E-state index contributed by atoms with van der Waals surface area (Å²) in [5.74, 6) is 0.935. The maximum absolute atomic E-state index is 9.11. The Kier molecular flexibility index (Phi) is 3.64. The Labute approximate surface area is 117 Å². The maximum Gasteiger partial charge on any atom is 0.133 e. The average Bonchev–Trinajstić information content (AvgIpc) is 3.12. The van der Waals surface area contributed by atoms with Gasteiger partial charge in [0.25, 0.3) is 0 Å². The SMILES string of the molecule is CCC(CCO)n1cc(-c2ncnc3c2CCN3)cn1. The summed E-state index contributed by atoms with van der Waals surface area (Å²) in [4.78, 5) is 8.66. The smallest absolute Gasteiger partial charge is 0.133 e. The molecule has 1 unspecified atom stereocenters. The van der Waals surface area contributed by atoms with Crippen LogP contribution in [-0.4, -0.2) is 38.0 Å². The van der Waals surface area contributed by atoms with Crippen LogP contribution in [0.15, 0.2) is 18.7 Å². The first-order chi connectivity index (χ1) is 9.83. The van der Waals surface area contributed by atoms with Gasteiger partial charge in [0, 0.05) is 30.5 Å². The molecule has 6 heteroatoms. The third-order valence-corrected chi connectivity index (χ3v) is 3.80. The van der Waals surface area contributed by atoms with Gasteiger partial charge in [-0.05, 0) is 19.3 Å². The zero-order chi connectivity index (χ0) is 13.9. The molecule has 0 bridgehead atoms. The highest BCUT2D eigenvalue weighted by Crippen LogP contribution is 2.29. The molecule has 0 aromatic carbocycles. The number of aromatic nitrogens is 4. The second kappa shape index (κ2) is 5.58. The highest BCUT2D eigenvalue weighted by Gasteiger charge is 2.19. The van der Waals surface area contributed by atoms with Crippen molar-refractivity contribution in [3.8, 4) is 11.3 Å². The second-order valence-corrected chi connectivity index (χ2v) is 5.01. The standard InChI is InChI=1S/C14H19N5O/c1-2-11(4-6-20)19-8-10(7-18-19)13-12-3-5-15-14(12)17-9-16-13/h7-9,11,20H,2-6H2,1H3,(H,15,16,17). The van der Waals surface area contributed by atoms with Crippen LogP contribution in [0, 0.1) is 0 Å². The van der Waals surface area contributed by atoms with Crippen molar-refractivity contribution in [1.29, 1.82) is 0 Å². The lowest BCUT2D eigenvalue weighted by Crippen LogP contribution is -2.10. The average molecular weight is 273 g/mol. The Balaban J connectivity index is 1.92. The van der Waals surface area contributed by atoms with Gasteiger partial charge in [-0.25, -0.2) is 9.97 Å². The predicted octanol–water partition coefficient (Wildman–Crippen LogP) is 1.64. The van der Waals surface area contributed by atoms with Gasteiger partial charge in [-0.3, -0.25) is 4.68 Å². The zero-order valence-corrected chi connectivity index (χ0v) is 11.6. The van der Waals surface area contributed by atoms with E-state index in [1.807, 2.05) is 17.1 Å². The van der Waals surface area contributed by atoms with E-state index < -0.39 is 0 Å². The van der Waals surface area contributed by atoms with Gasteiger partial charge in [-0.2, -0.15) is 5.10 Å². The number of anilines is 1. The molecule has 1 aliphatic rings. The van der Waals surface area contributed by atoms with E-state index in [1.54, 1.807) is 6.33 Å². The number of rotatable bonds is 5. The molecule has 2 aromatic rings. The largest absolute Gasteiger partial charge is 0.396 e. The van der Waals surface area contributed by atoms with Crippen molar-refractivity contribution in [3.05, 3.63) is 24.3 Å². The first-order valence-corrected chi connectivity index (χ1v) is 7.06. The minimum Gasteiger partial charge on any atom is -0.396 e. The maximum atomic E-state index is 9.11. The van der Waals surface area contributed by atoms with Crippen molar-refractivity contribution >= 4 is 5.82 Å². The van der Waals surface area contributed by atoms with Crippen LogP contribution in [0.5, 0.6) is 0 Å². The summed E-state index contributed by atoms with van der Waals surface area (Å²) in [5.41, 5.74) is 3.15. The summed E-state index contributed by atoms with van der Waals surface area (Å²) in [7, 11) is 0. The molecule has 3 heterocycles. The Morgan fingerprint density at radius 3 is 3.15 bits per heavy atom. The van der Waals surface area contributed by atoms with E-state index in [-0.39, 0.29) is 12.6 Å². The molecule has 20 heavy (non-hydrogen) atoms. The monoisotopic (exact) mass is 273 g/mol. The molecule has 2 aromatic heterocycles. The topological polar surface area (TPSA) is 75.9 Å². The van der Waals surface area contributed by atoms with E-state index in [0.717, 1.165) is 42.9 Å². The predicted molar refractivity (Wildman–Crippen MR) is 76.5 cm³/mol. The highest BCUT2D eigenvalue weighted by atomic mass is 16.3. The summed E-state index contributed by atoms with van der Waals surface area (Å²) < 4.78 is 1.93. The first kappa shape index (κ1) is 13.1. The van der Waals surface area contributed by atoms with E-state index in [9.17, 15) is 0 Å². The van der Waals surface area contributed by atoms with Gasteiger partial charge in [0.2, 0.25) is 0 Å². The Bertz CT molecular complexity index is 595. The fourth-order valence-electron chi connectivity index (χ4n) is 2.69. The molecule has 0 fully saturated rings. The number of hydrogen-bond acceptors (Lipinski definition) is 5. The van der Waals surface area contributed by atoms with Gasteiger partial charge >= 0.3 is 0 Å². The quantitative estimate of drug-likeness (QED) is 0.866. The van der Waals surface area contributed by atoms with Gasteiger partial charge in [0.15, 0.2) is 0 Å². The van der Waals surface area contributed by atoms with E-state index in [1.165, 1.54) is 5.56 Å². The van der Waals surface area contributed by atoms with Gasteiger partial charge in [0.05, 0.1) is 17.9 Å².